The van der Waals surface area contributed by atoms with Gasteiger partial charge in [0.15, 0.2) is 0 Å². The van der Waals surface area contributed by atoms with Crippen LogP contribution in [0.3, 0.4) is 0 Å². The number of anilines is 2. The maximum atomic E-state index is 13.2. The molecule has 2 aromatic rings. The van der Waals surface area contributed by atoms with Gasteiger partial charge in [0.05, 0.1) is 19.5 Å². The number of alkyl halides is 2. The number of pyridine rings is 1. The van der Waals surface area contributed by atoms with E-state index in [0.29, 0.717) is 31.3 Å². The van der Waals surface area contributed by atoms with Crippen LogP contribution in [0.4, 0.5) is 20.4 Å². The number of hydrogen-bond donors (Lipinski definition) is 1. The van der Waals surface area contributed by atoms with Crippen molar-refractivity contribution in [3.05, 3.63) is 36.3 Å². The molecule has 6 nitrogen and oxygen atoms in total. The largest absolute Gasteiger partial charge is 0.480 e. The monoisotopic (exact) mass is 335 g/mol. The highest BCUT2D eigenvalue weighted by Crippen LogP contribution is 2.29. The van der Waals surface area contributed by atoms with Crippen molar-refractivity contribution in [2.24, 2.45) is 0 Å². The molecule has 128 valence electrons. The van der Waals surface area contributed by atoms with Gasteiger partial charge in [-0.15, -0.1) is 0 Å². The lowest BCUT2D eigenvalue weighted by Gasteiger charge is -2.32. The Morgan fingerprint density at radius 2 is 2.00 bits per heavy atom. The maximum Gasteiger partial charge on any atom is 0.251 e. The summed E-state index contributed by atoms with van der Waals surface area (Å²) in [6, 6.07) is 3.79. The molecular formula is C16H19F2N5O. The summed E-state index contributed by atoms with van der Waals surface area (Å²) in [7, 11) is 1.53. The van der Waals surface area contributed by atoms with Gasteiger partial charge in [-0.3, -0.25) is 4.98 Å². The number of nitrogens with zero attached hydrogens (tertiary/aromatic N) is 4. The van der Waals surface area contributed by atoms with E-state index in [1.54, 1.807) is 12.4 Å². The summed E-state index contributed by atoms with van der Waals surface area (Å²) in [5.74, 6) is -0.763. The lowest BCUT2D eigenvalue weighted by molar-refractivity contribution is -0.0221. The van der Waals surface area contributed by atoms with Crippen molar-refractivity contribution in [3.63, 3.8) is 0 Å². The molecule has 1 aliphatic rings. The fourth-order valence-corrected chi connectivity index (χ4v) is 2.50. The van der Waals surface area contributed by atoms with Crippen molar-refractivity contribution >= 4 is 11.6 Å². The van der Waals surface area contributed by atoms with Gasteiger partial charge in [0, 0.05) is 38.7 Å². The van der Waals surface area contributed by atoms with Gasteiger partial charge in [-0.1, -0.05) is 6.07 Å². The Morgan fingerprint density at radius 1 is 1.21 bits per heavy atom. The highest BCUT2D eigenvalue weighted by atomic mass is 19.3. The van der Waals surface area contributed by atoms with E-state index in [1.807, 2.05) is 17.0 Å². The molecule has 0 aliphatic carbocycles. The van der Waals surface area contributed by atoms with Gasteiger partial charge in [-0.05, 0) is 11.6 Å². The zero-order valence-corrected chi connectivity index (χ0v) is 13.4. The van der Waals surface area contributed by atoms with E-state index in [0.717, 1.165) is 11.4 Å². The number of hydrogen-bond acceptors (Lipinski definition) is 6. The first-order chi connectivity index (χ1) is 11.6. The minimum atomic E-state index is -2.54. The second-order valence-electron chi connectivity index (χ2n) is 5.67. The zero-order valence-electron chi connectivity index (χ0n) is 13.4. The third-order valence-corrected chi connectivity index (χ3v) is 3.92. The first kappa shape index (κ1) is 16.4. The van der Waals surface area contributed by atoms with Crippen LogP contribution < -0.4 is 15.0 Å². The van der Waals surface area contributed by atoms with Crippen LogP contribution in [0.25, 0.3) is 0 Å². The number of methoxy groups -OCH3 is 1. The molecule has 1 N–H and O–H groups in total. The fraction of sp³-hybridized carbons (Fsp3) is 0.438. The molecule has 3 heterocycles. The Kier molecular flexibility index (Phi) is 4.73. The predicted molar refractivity (Wildman–Crippen MR) is 86.5 cm³/mol. The van der Waals surface area contributed by atoms with Crippen LogP contribution in [0.5, 0.6) is 5.88 Å². The SMILES string of the molecule is COc1cncc(NCc2ccc(N3CCC(F)(F)CC3)nc2)n1. The lowest BCUT2D eigenvalue weighted by atomic mass is 10.1. The van der Waals surface area contributed by atoms with Crippen LogP contribution in [0.2, 0.25) is 0 Å². The van der Waals surface area contributed by atoms with Crippen LogP contribution in [0.15, 0.2) is 30.7 Å². The van der Waals surface area contributed by atoms with Crippen LogP contribution in [-0.2, 0) is 6.54 Å². The maximum absolute atomic E-state index is 13.2. The molecule has 0 atom stereocenters. The molecule has 0 saturated carbocycles. The molecule has 0 radical (unpaired) electrons. The molecule has 2 aromatic heterocycles. The van der Waals surface area contributed by atoms with E-state index in [-0.39, 0.29) is 12.8 Å². The summed E-state index contributed by atoms with van der Waals surface area (Å²) in [6.07, 6.45) is 4.64. The van der Waals surface area contributed by atoms with Gasteiger partial charge in [0.1, 0.15) is 11.6 Å². The Labute approximate surface area is 138 Å². The third-order valence-electron chi connectivity index (χ3n) is 3.92. The molecule has 1 aliphatic heterocycles. The molecule has 1 saturated heterocycles. The molecule has 0 spiro atoms. The number of halogens is 2. The van der Waals surface area contributed by atoms with E-state index in [4.69, 9.17) is 4.74 Å². The molecule has 8 heteroatoms. The van der Waals surface area contributed by atoms with Gasteiger partial charge < -0.3 is 15.0 Å². The van der Waals surface area contributed by atoms with Crippen molar-refractivity contribution in [1.29, 1.82) is 0 Å². The molecule has 3 rings (SSSR count). The number of ether oxygens (including phenoxy) is 1. The fourth-order valence-electron chi connectivity index (χ4n) is 2.50. The number of rotatable bonds is 5. The Balaban J connectivity index is 1.56. The van der Waals surface area contributed by atoms with E-state index in [1.165, 1.54) is 13.3 Å². The summed E-state index contributed by atoms with van der Waals surface area (Å²) < 4.78 is 31.4. The third kappa shape index (κ3) is 4.06. The molecule has 0 unspecified atom stereocenters. The highest BCUT2D eigenvalue weighted by Gasteiger charge is 2.34. The van der Waals surface area contributed by atoms with Crippen LogP contribution in [0.1, 0.15) is 18.4 Å². The molecule has 1 fully saturated rings. The highest BCUT2D eigenvalue weighted by molar-refractivity contribution is 5.41. The number of aromatic nitrogens is 3. The van der Waals surface area contributed by atoms with Gasteiger partial charge in [-0.2, -0.15) is 4.98 Å². The van der Waals surface area contributed by atoms with Crippen LogP contribution in [-0.4, -0.2) is 41.1 Å². The average Bonchev–Trinajstić information content (AvgIpc) is 2.61. The van der Waals surface area contributed by atoms with Gasteiger partial charge in [0.25, 0.3) is 5.92 Å². The van der Waals surface area contributed by atoms with Gasteiger partial charge in [0.2, 0.25) is 5.88 Å². The van der Waals surface area contributed by atoms with Crippen molar-refractivity contribution in [1.82, 2.24) is 15.0 Å². The van der Waals surface area contributed by atoms with Crippen molar-refractivity contribution in [2.45, 2.75) is 25.3 Å². The first-order valence-electron chi connectivity index (χ1n) is 7.73. The van der Waals surface area contributed by atoms with E-state index in [9.17, 15) is 8.78 Å². The lowest BCUT2D eigenvalue weighted by Crippen LogP contribution is -2.39. The molecule has 0 bridgehead atoms. The minimum Gasteiger partial charge on any atom is -0.480 e. The Bertz CT molecular complexity index is 670. The summed E-state index contributed by atoms with van der Waals surface area (Å²) in [4.78, 5) is 14.5. The Hall–Kier alpha value is -2.51. The Morgan fingerprint density at radius 3 is 2.67 bits per heavy atom. The first-order valence-corrected chi connectivity index (χ1v) is 7.73. The normalized spacial score (nSPS) is 16.7. The molecule has 0 aromatic carbocycles. The second kappa shape index (κ2) is 6.94. The molecular weight excluding hydrogens is 316 g/mol. The molecule has 0 amide bonds. The summed E-state index contributed by atoms with van der Waals surface area (Å²) in [5.41, 5.74) is 0.964. The van der Waals surface area contributed by atoms with Crippen molar-refractivity contribution in [3.8, 4) is 5.88 Å². The van der Waals surface area contributed by atoms with Crippen LogP contribution in [0, 0.1) is 0 Å². The van der Waals surface area contributed by atoms with Gasteiger partial charge in [-0.25, -0.2) is 13.8 Å². The summed E-state index contributed by atoms with van der Waals surface area (Å²) in [5, 5.41) is 3.14. The van der Waals surface area contributed by atoms with Gasteiger partial charge >= 0.3 is 0 Å². The topological polar surface area (TPSA) is 63.2 Å². The predicted octanol–water partition coefficient (Wildman–Crippen LogP) is 2.73. The number of nitrogens with one attached hydrogen (secondary N) is 1. The van der Waals surface area contributed by atoms with Crippen molar-refractivity contribution in [2.75, 3.05) is 30.4 Å². The van der Waals surface area contributed by atoms with E-state index < -0.39 is 5.92 Å². The number of piperidine rings is 1. The summed E-state index contributed by atoms with van der Waals surface area (Å²) in [6.45, 7) is 1.20. The minimum absolute atomic E-state index is 0.119. The second-order valence-corrected chi connectivity index (χ2v) is 5.67. The average molecular weight is 335 g/mol. The molecule has 24 heavy (non-hydrogen) atoms. The van der Waals surface area contributed by atoms with E-state index in [2.05, 4.69) is 20.3 Å². The van der Waals surface area contributed by atoms with E-state index >= 15 is 0 Å². The van der Waals surface area contributed by atoms with Crippen molar-refractivity contribution < 1.29 is 13.5 Å². The smallest absolute Gasteiger partial charge is 0.251 e. The quantitative estimate of drug-likeness (QED) is 0.906. The summed E-state index contributed by atoms with van der Waals surface area (Å²) >= 11 is 0. The zero-order chi connectivity index (χ0) is 17.0. The standard InChI is InChI=1S/C16H19F2N5O/c1-24-15-11-19-10-13(22-15)20-8-12-2-3-14(21-9-12)23-6-4-16(17,18)5-7-23/h2-3,9-11H,4-8H2,1H3,(H,20,22). The van der Waals surface area contributed by atoms with Crippen LogP contribution >= 0.6 is 0 Å².